The Morgan fingerprint density at radius 1 is 1.22 bits per heavy atom. The summed E-state index contributed by atoms with van der Waals surface area (Å²) in [5, 5.41) is 9.56. The Bertz CT molecular complexity index is 658. The third-order valence-corrected chi connectivity index (χ3v) is 4.76. The van der Waals surface area contributed by atoms with Crippen LogP contribution in [0.25, 0.3) is 11.3 Å². The van der Waals surface area contributed by atoms with Gasteiger partial charge in [-0.05, 0) is 37.1 Å². The molecule has 1 fully saturated rings. The summed E-state index contributed by atoms with van der Waals surface area (Å²) in [6.45, 7) is 0.771. The van der Waals surface area contributed by atoms with Gasteiger partial charge in [0.25, 0.3) is 5.91 Å². The predicted octanol–water partition coefficient (Wildman–Crippen LogP) is 2.98. The average molecular weight is 310 g/mol. The fraction of sp³-hybridized carbons (Fsp3) is 0.368. The lowest BCUT2D eigenvalue weighted by Gasteiger charge is -2.42. The molecule has 0 radical (unpaired) electrons. The maximum atomic E-state index is 12.6. The van der Waals surface area contributed by atoms with Crippen molar-refractivity contribution in [2.45, 2.75) is 19.3 Å². The highest BCUT2D eigenvalue weighted by molar-refractivity contribution is 5.94. The van der Waals surface area contributed by atoms with E-state index in [2.05, 4.69) is 4.98 Å². The largest absolute Gasteiger partial charge is 0.396 e. The fourth-order valence-corrected chi connectivity index (χ4v) is 3.16. The van der Waals surface area contributed by atoms with Gasteiger partial charge in [-0.1, -0.05) is 24.6 Å². The van der Waals surface area contributed by atoms with Crippen molar-refractivity contribution in [3.63, 3.8) is 0 Å². The number of aliphatic hydroxyl groups excluding tert-OH is 1. The number of hydrogen-bond acceptors (Lipinski definition) is 3. The number of benzene rings is 1. The van der Waals surface area contributed by atoms with Crippen molar-refractivity contribution in [3.05, 3.63) is 54.2 Å². The van der Waals surface area contributed by atoms with E-state index in [0.29, 0.717) is 12.1 Å². The Labute approximate surface area is 136 Å². The molecule has 1 aromatic heterocycles. The molecular weight excluding hydrogens is 288 g/mol. The molecule has 120 valence electrons. The number of amides is 1. The van der Waals surface area contributed by atoms with E-state index in [4.69, 9.17) is 0 Å². The predicted molar refractivity (Wildman–Crippen MR) is 90.0 cm³/mol. The van der Waals surface area contributed by atoms with Gasteiger partial charge in [0, 0.05) is 36.3 Å². The van der Waals surface area contributed by atoms with Crippen molar-refractivity contribution in [1.82, 2.24) is 9.88 Å². The van der Waals surface area contributed by atoms with Gasteiger partial charge in [0.1, 0.15) is 0 Å². The van der Waals surface area contributed by atoms with Gasteiger partial charge in [0.05, 0.1) is 12.3 Å². The normalized spacial score (nSPS) is 15.7. The van der Waals surface area contributed by atoms with Crippen molar-refractivity contribution < 1.29 is 9.90 Å². The van der Waals surface area contributed by atoms with E-state index in [1.807, 2.05) is 49.5 Å². The Morgan fingerprint density at radius 2 is 1.96 bits per heavy atom. The van der Waals surface area contributed by atoms with Crippen LogP contribution in [-0.4, -0.2) is 41.1 Å². The fourth-order valence-electron chi connectivity index (χ4n) is 3.16. The van der Waals surface area contributed by atoms with Crippen molar-refractivity contribution in [2.24, 2.45) is 5.41 Å². The highest BCUT2D eigenvalue weighted by Crippen LogP contribution is 2.41. The van der Waals surface area contributed by atoms with E-state index in [-0.39, 0.29) is 17.9 Å². The van der Waals surface area contributed by atoms with Gasteiger partial charge in [-0.2, -0.15) is 0 Å². The van der Waals surface area contributed by atoms with Crippen LogP contribution in [0.15, 0.2) is 48.7 Å². The maximum absolute atomic E-state index is 12.6. The molecule has 1 amide bonds. The minimum Gasteiger partial charge on any atom is -0.396 e. The molecule has 0 atom stereocenters. The van der Waals surface area contributed by atoms with E-state index in [0.717, 1.165) is 30.5 Å². The molecule has 1 aliphatic carbocycles. The molecule has 0 saturated heterocycles. The average Bonchev–Trinajstić information content (AvgIpc) is 2.58. The van der Waals surface area contributed by atoms with E-state index >= 15 is 0 Å². The van der Waals surface area contributed by atoms with E-state index < -0.39 is 0 Å². The summed E-state index contributed by atoms with van der Waals surface area (Å²) >= 11 is 0. The molecule has 1 heterocycles. The quantitative estimate of drug-likeness (QED) is 0.923. The smallest absolute Gasteiger partial charge is 0.253 e. The number of nitrogens with zero attached hydrogens (tertiary/aromatic N) is 2. The number of hydrogen-bond donors (Lipinski definition) is 1. The van der Waals surface area contributed by atoms with Crippen LogP contribution < -0.4 is 0 Å². The summed E-state index contributed by atoms with van der Waals surface area (Å²) < 4.78 is 0. The molecule has 0 spiro atoms. The van der Waals surface area contributed by atoms with Crippen LogP contribution in [0.3, 0.4) is 0 Å². The summed E-state index contributed by atoms with van der Waals surface area (Å²) in [5.41, 5.74) is 2.47. The Morgan fingerprint density at radius 3 is 2.48 bits per heavy atom. The third-order valence-electron chi connectivity index (χ3n) is 4.76. The van der Waals surface area contributed by atoms with Crippen LogP contribution in [-0.2, 0) is 0 Å². The highest BCUT2D eigenvalue weighted by atomic mass is 16.3. The molecular formula is C19H22N2O2. The molecule has 1 aliphatic rings. The number of carbonyl (C=O) groups is 1. The third kappa shape index (κ3) is 3.27. The van der Waals surface area contributed by atoms with Crippen LogP contribution in [0.5, 0.6) is 0 Å². The molecule has 4 nitrogen and oxygen atoms in total. The van der Waals surface area contributed by atoms with Crippen molar-refractivity contribution in [2.75, 3.05) is 20.2 Å². The first-order valence-corrected chi connectivity index (χ1v) is 8.01. The summed E-state index contributed by atoms with van der Waals surface area (Å²) in [6, 6.07) is 13.3. The van der Waals surface area contributed by atoms with Crippen LogP contribution in [0.2, 0.25) is 0 Å². The number of carbonyl (C=O) groups excluding carboxylic acids is 1. The monoisotopic (exact) mass is 310 g/mol. The van der Waals surface area contributed by atoms with Crippen molar-refractivity contribution >= 4 is 5.91 Å². The van der Waals surface area contributed by atoms with Gasteiger partial charge in [-0.15, -0.1) is 0 Å². The highest BCUT2D eigenvalue weighted by Gasteiger charge is 2.38. The van der Waals surface area contributed by atoms with E-state index in [1.54, 1.807) is 11.1 Å². The maximum Gasteiger partial charge on any atom is 0.253 e. The zero-order valence-corrected chi connectivity index (χ0v) is 13.4. The van der Waals surface area contributed by atoms with E-state index in [9.17, 15) is 9.90 Å². The molecule has 23 heavy (non-hydrogen) atoms. The Balaban J connectivity index is 1.70. The molecule has 3 rings (SSSR count). The summed E-state index contributed by atoms with van der Waals surface area (Å²) in [6.07, 6.45) is 4.90. The minimum atomic E-state index is -0.0850. The number of aliphatic hydroxyl groups is 1. The van der Waals surface area contributed by atoms with Crippen LogP contribution >= 0.6 is 0 Å². The minimum absolute atomic E-state index is 0.00250. The number of aromatic nitrogens is 1. The second-order valence-corrected chi connectivity index (χ2v) is 6.47. The molecule has 1 N–H and O–H groups in total. The lowest BCUT2D eigenvalue weighted by molar-refractivity contribution is 0.0146. The number of rotatable bonds is 5. The Hall–Kier alpha value is -2.20. The topological polar surface area (TPSA) is 53.4 Å². The van der Waals surface area contributed by atoms with Gasteiger partial charge < -0.3 is 10.0 Å². The second-order valence-electron chi connectivity index (χ2n) is 6.47. The molecule has 1 aromatic carbocycles. The standard InChI is InChI=1S/C19H22N2O2/c1-21(13-19(14-22)10-4-11-19)18(23)16-8-6-15(7-9-16)17-5-2-3-12-20-17/h2-3,5-9,12,22H,4,10-11,13-14H2,1H3. The van der Waals surface area contributed by atoms with Crippen LogP contribution in [0.4, 0.5) is 0 Å². The molecule has 0 unspecified atom stereocenters. The SMILES string of the molecule is CN(CC1(CO)CCC1)C(=O)c1ccc(-c2ccccn2)cc1. The zero-order chi connectivity index (χ0) is 16.3. The molecule has 4 heteroatoms. The lowest BCUT2D eigenvalue weighted by atomic mass is 9.69. The van der Waals surface area contributed by atoms with Crippen molar-refractivity contribution in [1.29, 1.82) is 0 Å². The van der Waals surface area contributed by atoms with Gasteiger partial charge in [0.2, 0.25) is 0 Å². The first-order chi connectivity index (χ1) is 11.1. The molecule has 2 aromatic rings. The lowest BCUT2D eigenvalue weighted by Crippen LogP contribution is -2.45. The number of pyridine rings is 1. The molecule has 0 aliphatic heterocycles. The zero-order valence-electron chi connectivity index (χ0n) is 13.4. The molecule has 1 saturated carbocycles. The van der Waals surface area contributed by atoms with Crippen LogP contribution in [0.1, 0.15) is 29.6 Å². The summed E-state index contributed by atoms with van der Waals surface area (Å²) in [4.78, 5) is 18.6. The van der Waals surface area contributed by atoms with Gasteiger partial charge in [-0.25, -0.2) is 0 Å². The first-order valence-electron chi connectivity index (χ1n) is 8.01. The van der Waals surface area contributed by atoms with Crippen molar-refractivity contribution in [3.8, 4) is 11.3 Å². The first kappa shape index (κ1) is 15.7. The van der Waals surface area contributed by atoms with Gasteiger partial charge in [0.15, 0.2) is 0 Å². The summed E-state index contributed by atoms with van der Waals surface area (Å²) in [7, 11) is 1.81. The van der Waals surface area contributed by atoms with Gasteiger partial charge in [-0.3, -0.25) is 9.78 Å². The van der Waals surface area contributed by atoms with Gasteiger partial charge >= 0.3 is 0 Å². The molecule has 0 bridgehead atoms. The summed E-state index contributed by atoms with van der Waals surface area (Å²) in [5.74, 6) is -0.00250. The Kier molecular flexibility index (Phi) is 4.44. The van der Waals surface area contributed by atoms with E-state index in [1.165, 1.54) is 0 Å². The second kappa shape index (κ2) is 6.50. The van der Waals surface area contributed by atoms with Crippen LogP contribution in [0, 0.1) is 5.41 Å².